The monoisotopic (exact) mass is 298 g/mol. The van der Waals surface area contributed by atoms with Crippen molar-refractivity contribution in [2.24, 2.45) is 7.05 Å². The summed E-state index contributed by atoms with van der Waals surface area (Å²) in [4.78, 5) is 4.70. The van der Waals surface area contributed by atoms with Crippen molar-refractivity contribution in [3.63, 3.8) is 0 Å². The van der Waals surface area contributed by atoms with Crippen LogP contribution in [0.15, 0.2) is 35.5 Å². The number of rotatable bonds is 6. The fraction of sp³-hybridized carbons (Fsp3) is 0.385. The first kappa shape index (κ1) is 14.9. The molecule has 1 aromatic carbocycles. The zero-order valence-corrected chi connectivity index (χ0v) is 12.1. The third kappa shape index (κ3) is 4.28. The highest BCUT2D eigenvalue weighted by Gasteiger charge is 2.08. The van der Waals surface area contributed by atoms with Gasteiger partial charge >= 0.3 is 0 Å². The van der Waals surface area contributed by atoms with Gasteiger partial charge in [0.05, 0.1) is 6.54 Å². The van der Waals surface area contributed by atoms with Crippen LogP contribution in [-0.2, 0) is 13.6 Å². The summed E-state index contributed by atoms with van der Waals surface area (Å²) in [5.74, 6) is -1.66. The molecule has 108 valence electrons. The molecular formula is C13H16F2N4S. The maximum absolute atomic E-state index is 12.2. The first-order valence-electron chi connectivity index (χ1n) is 6.17. The molecule has 1 N–H and O–H groups in total. The van der Waals surface area contributed by atoms with Gasteiger partial charge in [0.15, 0.2) is 5.82 Å². The molecule has 1 heterocycles. The maximum Gasteiger partial charge on any atom is 0.288 e. The van der Waals surface area contributed by atoms with Crippen molar-refractivity contribution in [2.75, 3.05) is 0 Å². The van der Waals surface area contributed by atoms with E-state index >= 15 is 0 Å². The van der Waals surface area contributed by atoms with Gasteiger partial charge in [-0.15, -0.1) is 0 Å². The van der Waals surface area contributed by atoms with Crippen LogP contribution in [0, 0.1) is 0 Å². The van der Waals surface area contributed by atoms with Gasteiger partial charge in [0.1, 0.15) is 6.33 Å². The highest BCUT2D eigenvalue weighted by molar-refractivity contribution is 7.99. The number of aromatic nitrogens is 3. The lowest BCUT2D eigenvalue weighted by molar-refractivity contribution is 0.252. The van der Waals surface area contributed by atoms with Gasteiger partial charge in [-0.05, 0) is 24.6 Å². The van der Waals surface area contributed by atoms with Crippen molar-refractivity contribution < 1.29 is 8.78 Å². The van der Waals surface area contributed by atoms with Gasteiger partial charge in [0, 0.05) is 18.0 Å². The van der Waals surface area contributed by atoms with Crippen molar-refractivity contribution >= 4 is 11.8 Å². The number of nitrogens with one attached hydrogen (secondary N) is 1. The van der Waals surface area contributed by atoms with Gasteiger partial charge in [-0.25, -0.2) is 4.98 Å². The summed E-state index contributed by atoms with van der Waals surface area (Å²) in [7, 11) is 1.82. The summed E-state index contributed by atoms with van der Waals surface area (Å²) in [6, 6.07) is 7.24. The number of nitrogens with zero attached hydrogens (tertiary/aromatic N) is 3. The number of thioether (sulfide) groups is 1. The Balaban J connectivity index is 1.90. The van der Waals surface area contributed by atoms with E-state index in [2.05, 4.69) is 15.4 Å². The third-order valence-corrected chi connectivity index (χ3v) is 3.54. The van der Waals surface area contributed by atoms with E-state index < -0.39 is 5.76 Å². The number of alkyl halides is 2. The lowest BCUT2D eigenvalue weighted by Crippen LogP contribution is -2.19. The van der Waals surface area contributed by atoms with E-state index in [1.165, 1.54) is 0 Å². The minimum absolute atomic E-state index is 0.101. The van der Waals surface area contributed by atoms with Crippen LogP contribution in [0.2, 0.25) is 0 Å². The SMILES string of the molecule is C[C@@H](NCc1ncn(C)n1)c1ccc(SC(F)F)cc1. The first-order valence-corrected chi connectivity index (χ1v) is 7.05. The average Bonchev–Trinajstić information content (AvgIpc) is 2.82. The molecule has 0 aliphatic carbocycles. The standard InChI is InChI=1S/C13H16F2N4S/c1-9(16-7-12-17-8-19(2)18-12)10-3-5-11(6-4-10)20-13(14)15/h3-6,8-9,13,16H,7H2,1-2H3/t9-/m1/s1. The van der Waals surface area contributed by atoms with Crippen molar-refractivity contribution in [1.82, 2.24) is 20.1 Å². The largest absolute Gasteiger partial charge is 0.303 e. The van der Waals surface area contributed by atoms with Gasteiger partial charge in [-0.2, -0.15) is 13.9 Å². The molecule has 0 radical (unpaired) electrons. The minimum atomic E-state index is -2.38. The highest BCUT2D eigenvalue weighted by atomic mass is 32.2. The van der Waals surface area contributed by atoms with Gasteiger partial charge in [0.25, 0.3) is 5.76 Å². The third-order valence-electron chi connectivity index (χ3n) is 2.82. The molecule has 1 atom stereocenters. The van der Waals surface area contributed by atoms with Crippen LogP contribution >= 0.6 is 11.8 Å². The molecule has 0 aliphatic rings. The smallest absolute Gasteiger partial charge is 0.288 e. The summed E-state index contributed by atoms with van der Waals surface area (Å²) in [5.41, 5.74) is 1.04. The number of benzene rings is 1. The number of hydrogen-bond donors (Lipinski definition) is 1. The predicted octanol–water partition coefficient (Wildman–Crippen LogP) is 2.98. The fourth-order valence-corrected chi connectivity index (χ4v) is 2.26. The van der Waals surface area contributed by atoms with E-state index in [0.717, 1.165) is 11.4 Å². The second kappa shape index (κ2) is 6.81. The molecule has 4 nitrogen and oxygen atoms in total. The van der Waals surface area contributed by atoms with E-state index in [1.807, 2.05) is 26.1 Å². The van der Waals surface area contributed by atoms with Crippen LogP contribution in [-0.4, -0.2) is 20.5 Å². The Morgan fingerprint density at radius 2 is 2.00 bits per heavy atom. The van der Waals surface area contributed by atoms with E-state index in [4.69, 9.17) is 0 Å². The molecule has 0 saturated carbocycles. The van der Waals surface area contributed by atoms with Crippen LogP contribution in [0.4, 0.5) is 8.78 Å². The van der Waals surface area contributed by atoms with E-state index in [1.54, 1.807) is 23.1 Å². The summed E-state index contributed by atoms with van der Waals surface area (Å²) >= 11 is 0.555. The summed E-state index contributed by atoms with van der Waals surface area (Å²) < 4.78 is 26.1. The Labute approximate surface area is 120 Å². The van der Waals surface area contributed by atoms with Crippen molar-refractivity contribution in [1.29, 1.82) is 0 Å². The van der Waals surface area contributed by atoms with E-state index in [9.17, 15) is 8.78 Å². The molecular weight excluding hydrogens is 282 g/mol. The minimum Gasteiger partial charge on any atom is -0.303 e. The van der Waals surface area contributed by atoms with Crippen LogP contribution < -0.4 is 5.32 Å². The van der Waals surface area contributed by atoms with Crippen LogP contribution in [0.25, 0.3) is 0 Å². The molecule has 0 amide bonds. The normalized spacial score (nSPS) is 12.8. The Hall–Kier alpha value is -1.47. The number of hydrogen-bond acceptors (Lipinski definition) is 4. The Morgan fingerprint density at radius 3 is 2.55 bits per heavy atom. The highest BCUT2D eigenvalue weighted by Crippen LogP contribution is 2.26. The summed E-state index contributed by atoms with van der Waals surface area (Å²) in [6.07, 6.45) is 1.65. The first-order chi connectivity index (χ1) is 9.54. The number of aryl methyl sites for hydroxylation is 1. The zero-order chi connectivity index (χ0) is 14.5. The second-order valence-electron chi connectivity index (χ2n) is 4.38. The van der Waals surface area contributed by atoms with Gasteiger partial charge in [0.2, 0.25) is 0 Å². The molecule has 1 aromatic heterocycles. The molecule has 20 heavy (non-hydrogen) atoms. The molecule has 2 rings (SSSR count). The molecule has 0 bridgehead atoms. The molecule has 0 fully saturated rings. The van der Waals surface area contributed by atoms with Gasteiger partial charge in [-0.1, -0.05) is 23.9 Å². The Morgan fingerprint density at radius 1 is 1.30 bits per heavy atom. The van der Waals surface area contributed by atoms with Crippen molar-refractivity contribution in [3.05, 3.63) is 42.0 Å². The van der Waals surface area contributed by atoms with E-state index in [0.29, 0.717) is 23.2 Å². The average molecular weight is 298 g/mol. The predicted molar refractivity (Wildman–Crippen MR) is 74.6 cm³/mol. The summed E-state index contributed by atoms with van der Waals surface area (Å²) in [5, 5.41) is 7.47. The van der Waals surface area contributed by atoms with E-state index in [-0.39, 0.29) is 6.04 Å². The van der Waals surface area contributed by atoms with Gasteiger partial charge < -0.3 is 5.32 Å². The zero-order valence-electron chi connectivity index (χ0n) is 11.3. The van der Waals surface area contributed by atoms with Crippen LogP contribution in [0.5, 0.6) is 0 Å². The molecule has 0 unspecified atom stereocenters. The number of halogens is 2. The quantitative estimate of drug-likeness (QED) is 0.833. The van der Waals surface area contributed by atoms with Crippen molar-refractivity contribution in [2.45, 2.75) is 30.2 Å². The van der Waals surface area contributed by atoms with Gasteiger partial charge in [-0.3, -0.25) is 4.68 Å². The Kier molecular flexibility index (Phi) is 5.08. The lowest BCUT2D eigenvalue weighted by Gasteiger charge is -2.13. The maximum atomic E-state index is 12.2. The molecule has 0 spiro atoms. The fourth-order valence-electron chi connectivity index (χ4n) is 1.77. The molecule has 0 aliphatic heterocycles. The lowest BCUT2D eigenvalue weighted by atomic mass is 10.1. The molecule has 0 saturated heterocycles. The molecule has 2 aromatic rings. The van der Waals surface area contributed by atoms with Crippen LogP contribution in [0.3, 0.4) is 0 Å². The summed E-state index contributed by atoms with van der Waals surface area (Å²) in [6.45, 7) is 2.58. The molecule has 7 heteroatoms. The second-order valence-corrected chi connectivity index (χ2v) is 5.45. The Bertz CT molecular complexity index is 542. The van der Waals surface area contributed by atoms with Crippen LogP contribution in [0.1, 0.15) is 24.4 Å². The topological polar surface area (TPSA) is 42.7 Å². The van der Waals surface area contributed by atoms with Crippen molar-refractivity contribution in [3.8, 4) is 0 Å².